The van der Waals surface area contributed by atoms with Gasteiger partial charge in [0.05, 0.1) is 6.04 Å². The van der Waals surface area contributed by atoms with E-state index in [2.05, 4.69) is 31.2 Å². The van der Waals surface area contributed by atoms with Gasteiger partial charge in [0.2, 0.25) is 5.91 Å². The number of hydrogen-bond acceptors (Lipinski definition) is 1. The van der Waals surface area contributed by atoms with Gasteiger partial charge < -0.3 is 4.90 Å². The first-order chi connectivity index (χ1) is 11.2. The molecule has 2 nitrogen and oxygen atoms in total. The largest absolute Gasteiger partial charge is 0.331 e. The SMILES string of the molecule is CCCCC(=O)N1CCc2ccccc2C1c1ccc(Cl)cc1. The fourth-order valence-electron chi connectivity index (χ4n) is 3.31. The van der Waals surface area contributed by atoms with E-state index < -0.39 is 0 Å². The smallest absolute Gasteiger partial charge is 0.223 e. The van der Waals surface area contributed by atoms with E-state index in [4.69, 9.17) is 11.6 Å². The lowest BCUT2D eigenvalue weighted by Crippen LogP contribution is -2.40. The number of hydrogen-bond donors (Lipinski definition) is 0. The summed E-state index contributed by atoms with van der Waals surface area (Å²) in [4.78, 5) is 14.8. The third kappa shape index (κ3) is 3.42. The Labute approximate surface area is 143 Å². The molecule has 0 saturated heterocycles. The number of carbonyl (C=O) groups is 1. The molecule has 0 N–H and O–H groups in total. The van der Waals surface area contributed by atoms with Crippen molar-refractivity contribution < 1.29 is 4.79 Å². The van der Waals surface area contributed by atoms with Crippen molar-refractivity contribution in [3.63, 3.8) is 0 Å². The first-order valence-corrected chi connectivity index (χ1v) is 8.71. The highest BCUT2D eigenvalue weighted by atomic mass is 35.5. The molecule has 3 heteroatoms. The minimum absolute atomic E-state index is 0.00146. The average molecular weight is 328 g/mol. The van der Waals surface area contributed by atoms with Gasteiger partial charge in [-0.1, -0.05) is 61.3 Å². The minimum atomic E-state index is 0.00146. The lowest BCUT2D eigenvalue weighted by Gasteiger charge is -2.38. The van der Waals surface area contributed by atoms with Crippen LogP contribution < -0.4 is 0 Å². The van der Waals surface area contributed by atoms with Gasteiger partial charge in [0.15, 0.2) is 0 Å². The predicted molar refractivity (Wildman–Crippen MR) is 94.7 cm³/mol. The van der Waals surface area contributed by atoms with Crippen LogP contribution in [0.25, 0.3) is 0 Å². The Hall–Kier alpha value is -1.80. The van der Waals surface area contributed by atoms with Gasteiger partial charge in [-0.25, -0.2) is 0 Å². The van der Waals surface area contributed by atoms with Crippen LogP contribution >= 0.6 is 11.6 Å². The molecule has 0 aromatic heterocycles. The van der Waals surface area contributed by atoms with Crippen molar-refractivity contribution in [3.05, 3.63) is 70.2 Å². The van der Waals surface area contributed by atoms with Crippen LogP contribution in [0.3, 0.4) is 0 Å². The maximum Gasteiger partial charge on any atom is 0.223 e. The Kier molecular flexibility index (Phi) is 5.02. The van der Waals surface area contributed by atoms with Crippen LogP contribution in [0.2, 0.25) is 5.02 Å². The van der Waals surface area contributed by atoms with Gasteiger partial charge in [-0.15, -0.1) is 0 Å². The Morgan fingerprint density at radius 3 is 2.65 bits per heavy atom. The molecular formula is C20H22ClNO. The van der Waals surface area contributed by atoms with E-state index in [0.29, 0.717) is 6.42 Å². The highest BCUT2D eigenvalue weighted by Gasteiger charge is 2.31. The molecule has 0 spiro atoms. The molecule has 0 radical (unpaired) electrons. The fraction of sp³-hybridized carbons (Fsp3) is 0.350. The zero-order valence-electron chi connectivity index (χ0n) is 13.5. The highest BCUT2D eigenvalue weighted by Crippen LogP contribution is 2.36. The summed E-state index contributed by atoms with van der Waals surface area (Å²) in [6.45, 7) is 2.91. The normalized spacial score (nSPS) is 17.0. The van der Waals surface area contributed by atoms with Crippen LogP contribution in [-0.4, -0.2) is 17.4 Å². The molecule has 0 bridgehead atoms. The van der Waals surface area contributed by atoms with E-state index in [0.717, 1.165) is 36.4 Å². The van der Waals surface area contributed by atoms with Crippen LogP contribution in [0.1, 0.15) is 48.9 Å². The van der Waals surface area contributed by atoms with Crippen molar-refractivity contribution in [3.8, 4) is 0 Å². The monoisotopic (exact) mass is 327 g/mol. The second-order valence-corrected chi connectivity index (χ2v) is 6.53. The topological polar surface area (TPSA) is 20.3 Å². The zero-order chi connectivity index (χ0) is 16.2. The predicted octanol–water partition coefficient (Wildman–Crippen LogP) is 5.00. The van der Waals surface area contributed by atoms with Crippen molar-refractivity contribution in [1.82, 2.24) is 4.90 Å². The summed E-state index contributed by atoms with van der Waals surface area (Å²) in [6.07, 6.45) is 3.55. The quantitative estimate of drug-likeness (QED) is 0.773. The van der Waals surface area contributed by atoms with Crippen molar-refractivity contribution in [2.75, 3.05) is 6.54 Å². The average Bonchev–Trinajstić information content (AvgIpc) is 2.59. The standard InChI is InChI=1S/C20H22ClNO/c1-2-3-8-19(23)22-14-13-15-6-4-5-7-18(15)20(22)16-9-11-17(21)12-10-16/h4-7,9-12,20H,2-3,8,13-14H2,1H3. The first kappa shape index (κ1) is 16.1. The van der Waals surface area contributed by atoms with Crippen LogP contribution in [-0.2, 0) is 11.2 Å². The van der Waals surface area contributed by atoms with Crippen molar-refractivity contribution >= 4 is 17.5 Å². The number of amides is 1. The molecule has 0 aliphatic carbocycles. The number of unbranched alkanes of at least 4 members (excludes halogenated alkanes) is 1. The van der Waals surface area contributed by atoms with E-state index in [1.807, 2.05) is 29.2 Å². The summed E-state index contributed by atoms with van der Waals surface area (Å²) >= 11 is 6.04. The number of carbonyl (C=O) groups excluding carboxylic acids is 1. The summed E-state index contributed by atoms with van der Waals surface area (Å²) < 4.78 is 0. The molecule has 2 aromatic carbocycles. The number of nitrogens with zero attached hydrogens (tertiary/aromatic N) is 1. The Morgan fingerprint density at radius 1 is 1.17 bits per heavy atom. The third-order valence-electron chi connectivity index (χ3n) is 4.53. The van der Waals surface area contributed by atoms with E-state index in [9.17, 15) is 4.79 Å². The maximum atomic E-state index is 12.7. The lowest BCUT2D eigenvalue weighted by atomic mass is 9.88. The highest BCUT2D eigenvalue weighted by molar-refractivity contribution is 6.30. The first-order valence-electron chi connectivity index (χ1n) is 8.33. The number of benzene rings is 2. The summed E-state index contributed by atoms with van der Waals surface area (Å²) in [5, 5.41) is 0.724. The van der Waals surface area contributed by atoms with Crippen LogP contribution in [0.4, 0.5) is 0 Å². The van der Waals surface area contributed by atoms with Gasteiger partial charge in [-0.05, 0) is 41.7 Å². The second-order valence-electron chi connectivity index (χ2n) is 6.09. The van der Waals surface area contributed by atoms with Gasteiger partial charge in [-0.2, -0.15) is 0 Å². The molecule has 1 unspecified atom stereocenters. The van der Waals surface area contributed by atoms with Crippen molar-refractivity contribution in [2.45, 2.75) is 38.6 Å². The number of halogens is 1. The summed E-state index contributed by atoms with van der Waals surface area (Å²) in [5.74, 6) is 0.251. The molecule has 0 fully saturated rings. The van der Waals surface area contributed by atoms with Gasteiger partial charge in [0.1, 0.15) is 0 Å². The van der Waals surface area contributed by atoms with E-state index in [1.165, 1.54) is 11.1 Å². The maximum absolute atomic E-state index is 12.7. The zero-order valence-corrected chi connectivity index (χ0v) is 14.2. The van der Waals surface area contributed by atoms with E-state index in [-0.39, 0.29) is 11.9 Å². The molecule has 3 rings (SSSR count). The van der Waals surface area contributed by atoms with Gasteiger partial charge in [-0.3, -0.25) is 4.79 Å². The molecule has 1 heterocycles. The summed E-state index contributed by atoms with van der Waals surface area (Å²) in [5.41, 5.74) is 3.71. The van der Waals surface area contributed by atoms with Crippen LogP contribution in [0.5, 0.6) is 0 Å². The molecule has 1 atom stereocenters. The molecule has 120 valence electrons. The third-order valence-corrected chi connectivity index (χ3v) is 4.79. The molecule has 2 aromatic rings. The van der Waals surface area contributed by atoms with Crippen LogP contribution in [0, 0.1) is 0 Å². The van der Waals surface area contributed by atoms with E-state index >= 15 is 0 Å². The number of fused-ring (bicyclic) bond motifs is 1. The Bertz CT molecular complexity index is 680. The number of rotatable bonds is 4. The van der Waals surface area contributed by atoms with Gasteiger partial charge in [0, 0.05) is 18.0 Å². The second kappa shape index (κ2) is 7.18. The van der Waals surface area contributed by atoms with Crippen molar-refractivity contribution in [2.24, 2.45) is 0 Å². The summed E-state index contributed by atoms with van der Waals surface area (Å²) in [7, 11) is 0. The minimum Gasteiger partial charge on any atom is -0.331 e. The van der Waals surface area contributed by atoms with Gasteiger partial charge >= 0.3 is 0 Å². The van der Waals surface area contributed by atoms with Crippen LogP contribution in [0.15, 0.2) is 48.5 Å². The molecular weight excluding hydrogens is 306 g/mol. The Morgan fingerprint density at radius 2 is 1.91 bits per heavy atom. The lowest BCUT2D eigenvalue weighted by molar-refractivity contribution is -0.133. The fourth-order valence-corrected chi connectivity index (χ4v) is 3.44. The van der Waals surface area contributed by atoms with Gasteiger partial charge in [0.25, 0.3) is 0 Å². The Balaban J connectivity index is 1.99. The molecule has 1 aliphatic heterocycles. The van der Waals surface area contributed by atoms with Crippen molar-refractivity contribution in [1.29, 1.82) is 0 Å². The van der Waals surface area contributed by atoms with E-state index in [1.54, 1.807) is 0 Å². The summed E-state index contributed by atoms with van der Waals surface area (Å²) in [6, 6.07) is 16.3. The molecule has 1 aliphatic rings. The molecule has 1 amide bonds. The molecule has 0 saturated carbocycles. The molecule has 23 heavy (non-hydrogen) atoms.